The summed E-state index contributed by atoms with van der Waals surface area (Å²) in [4.78, 5) is 31.5. The number of hydrogen-bond donors (Lipinski definition) is 1. The Morgan fingerprint density at radius 2 is 1.93 bits per heavy atom. The lowest BCUT2D eigenvalue weighted by molar-refractivity contribution is -0.127. The fourth-order valence-corrected chi connectivity index (χ4v) is 3.39. The van der Waals surface area contributed by atoms with Crippen LogP contribution in [0, 0.1) is 0 Å². The molecule has 0 saturated carbocycles. The minimum absolute atomic E-state index is 0. The minimum atomic E-state index is 0. The number of halogens is 1. The topological polar surface area (TPSA) is 77.0 Å². The molecule has 8 nitrogen and oxygen atoms in total. The number of rotatable bonds is 6. The fraction of sp³-hybridized carbons (Fsp3) is 0.667. The van der Waals surface area contributed by atoms with Crippen molar-refractivity contribution in [1.29, 1.82) is 0 Å². The predicted molar refractivity (Wildman–Crippen MR) is 118 cm³/mol. The third kappa shape index (κ3) is 6.18. The van der Waals surface area contributed by atoms with Crippen LogP contribution in [0.5, 0.6) is 0 Å². The van der Waals surface area contributed by atoms with Crippen molar-refractivity contribution in [2.24, 2.45) is 4.99 Å². The quantitative estimate of drug-likeness (QED) is 0.281. The van der Waals surface area contributed by atoms with Gasteiger partial charge in [0.15, 0.2) is 5.96 Å². The molecular weight excluding hydrogens is 457 g/mol. The van der Waals surface area contributed by atoms with Gasteiger partial charge in [-0.15, -0.1) is 24.0 Å². The van der Waals surface area contributed by atoms with E-state index < -0.39 is 0 Å². The number of carbonyl (C=O) groups excluding carboxylic acids is 1. The van der Waals surface area contributed by atoms with Gasteiger partial charge in [-0.1, -0.05) is 0 Å². The molecule has 1 aromatic rings. The number of amides is 1. The molecule has 0 aliphatic carbocycles. The van der Waals surface area contributed by atoms with E-state index in [0.29, 0.717) is 12.3 Å². The first-order chi connectivity index (χ1) is 12.8. The minimum Gasteiger partial charge on any atom is -0.357 e. The largest absolute Gasteiger partial charge is 0.357 e. The van der Waals surface area contributed by atoms with E-state index in [1.165, 1.54) is 0 Å². The summed E-state index contributed by atoms with van der Waals surface area (Å²) in [6.45, 7) is 8.98. The number of likely N-dealkylation sites (tertiary alicyclic amines) is 1. The maximum Gasteiger partial charge on any atom is 0.225 e. The van der Waals surface area contributed by atoms with Gasteiger partial charge in [0.05, 0.1) is 0 Å². The Morgan fingerprint density at radius 1 is 1.19 bits per heavy atom. The lowest BCUT2D eigenvalue weighted by atomic mass is 10.3. The fourth-order valence-electron chi connectivity index (χ4n) is 3.39. The first kappa shape index (κ1) is 21.6. The van der Waals surface area contributed by atoms with Crippen LogP contribution in [-0.4, -0.2) is 84.0 Å². The molecule has 0 radical (unpaired) electrons. The molecule has 1 aromatic heterocycles. The number of hydrogen-bond acceptors (Lipinski definition) is 5. The molecule has 2 fully saturated rings. The zero-order valence-electron chi connectivity index (χ0n) is 16.0. The van der Waals surface area contributed by atoms with E-state index in [2.05, 4.69) is 32.0 Å². The number of guanidine groups is 1. The zero-order valence-corrected chi connectivity index (χ0v) is 18.3. The van der Waals surface area contributed by atoms with Gasteiger partial charge in [0, 0.05) is 71.2 Å². The normalized spacial score (nSPS) is 17.9. The first-order valence-corrected chi connectivity index (χ1v) is 9.61. The molecule has 1 N–H and O–H groups in total. The summed E-state index contributed by atoms with van der Waals surface area (Å²) >= 11 is 0. The monoisotopic (exact) mass is 487 g/mol. The van der Waals surface area contributed by atoms with E-state index in [0.717, 1.165) is 77.1 Å². The van der Waals surface area contributed by atoms with Crippen molar-refractivity contribution in [1.82, 2.24) is 25.1 Å². The second-order valence-corrected chi connectivity index (χ2v) is 6.60. The Kier molecular flexibility index (Phi) is 9.02. The molecule has 0 bridgehead atoms. The van der Waals surface area contributed by atoms with Gasteiger partial charge in [0.2, 0.25) is 11.9 Å². The summed E-state index contributed by atoms with van der Waals surface area (Å²) < 4.78 is 0. The SMILES string of the molecule is CCNC(=NCCCN1CCCC1=O)N1CCN(c2ncccn2)CC1.I. The van der Waals surface area contributed by atoms with Gasteiger partial charge >= 0.3 is 0 Å². The molecule has 27 heavy (non-hydrogen) atoms. The Bertz CT molecular complexity index is 605. The van der Waals surface area contributed by atoms with Crippen LogP contribution >= 0.6 is 24.0 Å². The van der Waals surface area contributed by atoms with E-state index in [1.54, 1.807) is 12.4 Å². The Morgan fingerprint density at radius 3 is 2.56 bits per heavy atom. The van der Waals surface area contributed by atoms with Gasteiger partial charge < -0.3 is 20.0 Å². The van der Waals surface area contributed by atoms with E-state index in [4.69, 9.17) is 4.99 Å². The highest BCUT2D eigenvalue weighted by Crippen LogP contribution is 2.11. The van der Waals surface area contributed by atoms with E-state index in [9.17, 15) is 4.79 Å². The van der Waals surface area contributed by atoms with Crippen LogP contribution in [-0.2, 0) is 4.79 Å². The summed E-state index contributed by atoms with van der Waals surface area (Å²) in [5.41, 5.74) is 0. The number of anilines is 1. The molecular formula is C18H30IN7O. The van der Waals surface area contributed by atoms with Crippen molar-refractivity contribution in [3.05, 3.63) is 18.5 Å². The highest BCUT2D eigenvalue weighted by molar-refractivity contribution is 14.0. The van der Waals surface area contributed by atoms with Crippen molar-refractivity contribution in [3.63, 3.8) is 0 Å². The number of carbonyl (C=O) groups is 1. The average molecular weight is 487 g/mol. The van der Waals surface area contributed by atoms with Gasteiger partial charge in [-0.25, -0.2) is 9.97 Å². The van der Waals surface area contributed by atoms with Crippen LogP contribution in [0.4, 0.5) is 5.95 Å². The predicted octanol–water partition coefficient (Wildman–Crippen LogP) is 1.19. The zero-order chi connectivity index (χ0) is 18.2. The lowest BCUT2D eigenvalue weighted by Crippen LogP contribution is -2.53. The van der Waals surface area contributed by atoms with Crippen LogP contribution in [0.1, 0.15) is 26.2 Å². The van der Waals surface area contributed by atoms with Crippen molar-refractivity contribution >= 4 is 41.8 Å². The molecule has 2 saturated heterocycles. The van der Waals surface area contributed by atoms with Crippen LogP contribution in [0.25, 0.3) is 0 Å². The van der Waals surface area contributed by atoms with E-state index in [-0.39, 0.29) is 24.0 Å². The van der Waals surface area contributed by atoms with Gasteiger partial charge in [-0.3, -0.25) is 9.79 Å². The molecule has 0 spiro atoms. The van der Waals surface area contributed by atoms with E-state index >= 15 is 0 Å². The van der Waals surface area contributed by atoms with Crippen LogP contribution in [0.3, 0.4) is 0 Å². The molecule has 1 amide bonds. The second kappa shape index (κ2) is 11.3. The lowest BCUT2D eigenvalue weighted by Gasteiger charge is -2.36. The van der Waals surface area contributed by atoms with E-state index in [1.807, 2.05) is 11.0 Å². The summed E-state index contributed by atoms with van der Waals surface area (Å²) in [5.74, 6) is 2.05. The van der Waals surface area contributed by atoms with Crippen LogP contribution in [0.15, 0.2) is 23.5 Å². The molecule has 0 unspecified atom stereocenters. The average Bonchev–Trinajstić information content (AvgIpc) is 3.10. The molecule has 3 heterocycles. The number of piperazine rings is 1. The summed E-state index contributed by atoms with van der Waals surface area (Å²) in [5, 5.41) is 3.39. The van der Waals surface area contributed by atoms with Crippen LogP contribution in [0.2, 0.25) is 0 Å². The highest BCUT2D eigenvalue weighted by atomic mass is 127. The molecule has 9 heteroatoms. The van der Waals surface area contributed by atoms with Crippen molar-refractivity contribution in [2.75, 3.05) is 57.3 Å². The van der Waals surface area contributed by atoms with Gasteiger partial charge in [0.25, 0.3) is 0 Å². The van der Waals surface area contributed by atoms with Crippen molar-refractivity contribution in [3.8, 4) is 0 Å². The Labute approximate surface area is 178 Å². The number of aliphatic imine (C=N–C) groups is 1. The number of aromatic nitrogens is 2. The number of nitrogens with zero attached hydrogens (tertiary/aromatic N) is 6. The molecule has 0 aromatic carbocycles. The second-order valence-electron chi connectivity index (χ2n) is 6.60. The Hall–Kier alpha value is -1.65. The highest BCUT2D eigenvalue weighted by Gasteiger charge is 2.21. The Balaban J connectivity index is 0.00000261. The molecule has 2 aliphatic rings. The smallest absolute Gasteiger partial charge is 0.225 e. The summed E-state index contributed by atoms with van der Waals surface area (Å²) in [6, 6.07) is 1.84. The van der Waals surface area contributed by atoms with Crippen LogP contribution < -0.4 is 10.2 Å². The molecule has 3 rings (SSSR count). The molecule has 2 aliphatic heterocycles. The summed E-state index contributed by atoms with van der Waals surface area (Å²) in [7, 11) is 0. The van der Waals surface area contributed by atoms with Gasteiger partial charge in [-0.05, 0) is 25.8 Å². The molecule has 0 atom stereocenters. The molecule has 150 valence electrons. The first-order valence-electron chi connectivity index (χ1n) is 9.61. The third-order valence-electron chi connectivity index (χ3n) is 4.77. The summed E-state index contributed by atoms with van der Waals surface area (Å²) in [6.07, 6.45) is 6.19. The third-order valence-corrected chi connectivity index (χ3v) is 4.77. The standard InChI is InChI=1S/C18H29N7O.HI/c1-2-19-17(22-9-5-11-23-10-3-6-16(23)26)24-12-14-25(15-13-24)18-20-7-4-8-21-18;/h4,7-8H,2-3,5-6,9-15H2,1H3,(H,19,22);1H. The van der Waals surface area contributed by atoms with Crippen molar-refractivity contribution in [2.45, 2.75) is 26.2 Å². The van der Waals surface area contributed by atoms with Gasteiger partial charge in [0.1, 0.15) is 0 Å². The van der Waals surface area contributed by atoms with Gasteiger partial charge in [-0.2, -0.15) is 0 Å². The maximum atomic E-state index is 11.7. The van der Waals surface area contributed by atoms with Crippen molar-refractivity contribution < 1.29 is 4.79 Å². The number of nitrogens with one attached hydrogen (secondary N) is 1. The maximum absolute atomic E-state index is 11.7.